The molecular weight excluding hydrogens is 689 g/mol. The molecule has 3 aromatic rings. The lowest BCUT2D eigenvalue weighted by Crippen LogP contribution is -2.65. The number of benzene rings is 2. The van der Waals surface area contributed by atoms with Crippen LogP contribution in [0.25, 0.3) is 0 Å². The highest BCUT2D eigenvalue weighted by atomic mass is 35.5. The lowest BCUT2D eigenvalue weighted by molar-refractivity contribution is -0.0481. The summed E-state index contributed by atoms with van der Waals surface area (Å²) in [5.41, 5.74) is 0.378. The van der Waals surface area contributed by atoms with E-state index in [0.717, 1.165) is 18.4 Å². The number of fused-ring (bicyclic) bond motifs is 4. The van der Waals surface area contributed by atoms with E-state index in [1.807, 2.05) is 67.3 Å². The summed E-state index contributed by atoms with van der Waals surface area (Å²) in [5.74, 6) is -2.94. The van der Waals surface area contributed by atoms with Crippen molar-refractivity contribution >= 4 is 37.2 Å². The molecule has 1 saturated heterocycles. The topological polar surface area (TPSA) is 105 Å². The first-order valence-corrected chi connectivity index (χ1v) is 21.1. The van der Waals surface area contributed by atoms with Crippen molar-refractivity contribution < 1.29 is 32.8 Å². The van der Waals surface area contributed by atoms with Gasteiger partial charge in [0.15, 0.2) is 31.3 Å². The summed E-state index contributed by atoms with van der Waals surface area (Å²) in [7, 11) is 0.876. The Bertz CT molecular complexity index is 1950. The fourth-order valence-electron chi connectivity index (χ4n) is 8.44. The van der Waals surface area contributed by atoms with Gasteiger partial charge < -0.3 is 23.7 Å². The van der Waals surface area contributed by atoms with Crippen molar-refractivity contribution in [2.75, 3.05) is 32.1 Å². The molecule has 3 aliphatic carbocycles. The lowest BCUT2D eigenvalue weighted by Gasteiger charge is -2.55. The highest BCUT2D eigenvalue weighted by Gasteiger charge is 2.67. The first-order chi connectivity index (χ1) is 24.0. The van der Waals surface area contributed by atoms with Crippen LogP contribution >= 0.6 is 11.6 Å². The fraction of sp³-hybridized carbons (Fsp3) is 0.513. The molecule has 0 radical (unpaired) electrons. The van der Waals surface area contributed by atoms with E-state index in [1.165, 1.54) is 0 Å². The summed E-state index contributed by atoms with van der Waals surface area (Å²) in [6, 6.07) is 8.91. The Balaban J connectivity index is 1.43. The van der Waals surface area contributed by atoms with E-state index in [9.17, 15) is 9.90 Å². The van der Waals surface area contributed by atoms with Gasteiger partial charge in [-0.15, -0.1) is 0 Å². The van der Waals surface area contributed by atoms with Crippen LogP contribution in [-0.2, 0) is 17.5 Å². The third-order valence-corrected chi connectivity index (χ3v) is 16.9. The predicted molar refractivity (Wildman–Crippen MR) is 196 cm³/mol. The van der Waals surface area contributed by atoms with Gasteiger partial charge in [0.2, 0.25) is 5.78 Å². The van der Waals surface area contributed by atoms with E-state index in [4.69, 9.17) is 25.3 Å². The van der Waals surface area contributed by atoms with Crippen molar-refractivity contribution in [3.05, 3.63) is 86.1 Å². The van der Waals surface area contributed by atoms with Crippen LogP contribution < -0.4 is 9.64 Å². The van der Waals surface area contributed by atoms with Crippen molar-refractivity contribution in [2.24, 2.45) is 11.8 Å². The Kier molecular flexibility index (Phi) is 8.84. The van der Waals surface area contributed by atoms with Crippen LogP contribution in [0.5, 0.6) is 5.88 Å². The molecule has 12 heteroatoms. The number of aromatic nitrogens is 1. The van der Waals surface area contributed by atoms with E-state index in [2.05, 4.69) is 25.9 Å². The zero-order valence-corrected chi connectivity index (χ0v) is 32.4. The quantitative estimate of drug-likeness (QED) is 0.240. The van der Waals surface area contributed by atoms with Crippen molar-refractivity contribution in [3.63, 3.8) is 0 Å². The van der Waals surface area contributed by atoms with Crippen molar-refractivity contribution in [2.45, 2.75) is 89.8 Å². The number of carbonyl (C=O) groups is 2. The smallest absolute Gasteiger partial charge is 0.265 e. The number of Topliss-reactive ketones (excluding diaryl/α,β-unsaturated/α-hetero) is 2. The maximum atomic E-state index is 16.6. The highest BCUT2D eigenvalue weighted by molar-refractivity contribution is 6.74. The number of rotatable bonds is 7. The SMILES string of the molecule is Cc1c(Cl)c(N2CCCC2)c(F)c2c1C(=O)C1=C(O)[C@]3(O[Si](C)(C)C(C)(C)C)C(=O)c4c(OCc5ccccc5)noc4[C@@H](N(C)C)[C@@H]3C[C@@H]1C2. The Labute approximate surface area is 304 Å². The molecule has 0 unspecified atom stereocenters. The first-order valence-electron chi connectivity index (χ1n) is 17.8. The second-order valence-electron chi connectivity index (χ2n) is 16.3. The number of aliphatic hydroxyl groups is 1. The van der Waals surface area contributed by atoms with Crippen molar-refractivity contribution in [1.82, 2.24) is 10.1 Å². The van der Waals surface area contributed by atoms with E-state index in [-0.39, 0.29) is 52.1 Å². The number of hydrogen-bond donors (Lipinski definition) is 1. The number of carbonyl (C=O) groups excluding carboxylic acids is 2. The zero-order valence-electron chi connectivity index (χ0n) is 30.7. The van der Waals surface area contributed by atoms with Crippen LogP contribution in [0.2, 0.25) is 23.2 Å². The normalized spacial score (nSPS) is 24.8. The van der Waals surface area contributed by atoms with Crippen LogP contribution in [0.4, 0.5) is 10.1 Å². The summed E-state index contributed by atoms with van der Waals surface area (Å²) in [6.07, 6.45) is 2.30. The van der Waals surface area contributed by atoms with Gasteiger partial charge in [0.1, 0.15) is 17.9 Å². The van der Waals surface area contributed by atoms with E-state index in [1.54, 1.807) is 6.92 Å². The second kappa shape index (κ2) is 12.6. The number of aliphatic hydroxyl groups excluding tert-OH is 1. The molecule has 0 bridgehead atoms. The molecular formula is C39H47ClFN3O6Si. The van der Waals surface area contributed by atoms with Gasteiger partial charge in [-0.3, -0.25) is 14.5 Å². The third-order valence-electron chi connectivity index (χ3n) is 12.0. The fourth-order valence-corrected chi connectivity index (χ4v) is 10.2. The average molecular weight is 736 g/mol. The monoisotopic (exact) mass is 735 g/mol. The third kappa shape index (κ3) is 5.40. The molecule has 0 saturated carbocycles. The molecule has 1 aliphatic heterocycles. The number of allylic oxidation sites excluding steroid dienone is 1. The first kappa shape index (κ1) is 35.9. The molecule has 4 atom stereocenters. The van der Waals surface area contributed by atoms with Crippen LogP contribution in [0.1, 0.15) is 89.2 Å². The van der Waals surface area contributed by atoms with Crippen molar-refractivity contribution in [3.8, 4) is 5.88 Å². The predicted octanol–water partition coefficient (Wildman–Crippen LogP) is 8.40. The van der Waals surface area contributed by atoms with Crippen LogP contribution in [-0.4, -0.2) is 67.8 Å². The van der Waals surface area contributed by atoms with Gasteiger partial charge in [0.05, 0.1) is 16.8 Å². The maximum Gasteiger partial charge on any atom is 0.265 e. The second-order valence-corrected chi connectivity index (χ2v) is 21.4. The number of ether oxygens (including phenoxy) is 1. The van der Waals surface area contributed by atoms with Crippen molar-refractivity contribution in [1.29, 1.82) is 0 Å². The molecule has 1 aromatic heterocycles. The van der Waals surface area contributed by atoms with Gasteiger partial charge in [-0.1, -0.05) is 62.7 Å². The van der Waals surface area contributed by atoms with E-state index in [0.29, 0.717) is 35.7 Å². The number of hydrogen-bond acceptors (Lipinski definition) is 9. The Morgan fingerprint density at radius 1 is 1.14 bits per heavy atom. The van der Waals surface area contributed by atoms with Crippen LogP contribution in [0.3, 0.4) is 0 Å². The number of halogens is 2. The summed E-state index contributed by atoms with van der Waals surface area (Å²) in [5, 5.41) is 16.8. The summed E-state index contributed by atoms with van der Waals surface area (Å²) >= 11 is 6.86. The summed E-state index contributed by atoms with van der Waals surface area (Å²) in [4.78, 5) is 34.0. The minimum absolute atomic E-state index is 0.00161. The highest BCUT2D eigenvalue weighted by Crippen LogP contribution is 2.60. The molecule has 2 heterocycles. The van der Waals surface area contributed by atoms with Gasteiger partial charge in [0.25, 0.3) is 5.88 Å². The molecule has 2 aromatic carbocycles. The molecule has 4 aliphatic rings. The Morgan fingerprint density at radius 2 is 1.80 bits per heavy atom. The zero-order chi connectivity index (χ0) is 36.8. The average Bonchev–Trinajstić information content (AvgIpc) is 3.74. The molecule has 51 heavy (non-hydrogen) atoms. The summed E-state index contributed by atoms with van der Waals surface area (Å²) in [6.45, 7) is 13.5. The van der Waals surface area contributed by atoms with Crippen LogP contribution in [0.15, 0.2) is 46.2 Å². The van der Waals surface area contributed by atoms with E-state index < -0.39 is 54.9 Å². The number of ketones is 2. The maximum absolute atomic E-state index is 16.6. The van der Waals surface area contributed by atoms with Gasteiger partial charge in [-0.2, -0.15) is 0 Å². The summed E-state index contributed by atoms with van der Waals surface area (Å²) < 4.78 is 35.9. The molecule has 0 spiro atoms. The van der Waals surface area contributed by atoms with Gasteiger partial charge in [-0.25, -0.2) is 4.39 Å². The Hall–Kier alpha value is -3.51. The molecule has 1 N–H and O–H groups in total. The molecule has 9 nitrogen and oxygen atoms in total. The van der Waals surface area contributed by atoms with Gasteiger partial charge in [0, 0.05) is 35.7 Å². The minimum Gasteiger partial charge on any atom is -0.508 e. The molecule has 7 rings (SSSR count). The lowest BCUT2D eigenvalue weighted by atomic mass is 9.58. The largest absolute Gasteiger partial charge is 0.508 e. The van der Waals surface area contributed by atoms with Crippen LogP contribution in [0, 0.1) is 24.6 Å². The minimum atomic E-state index is -2.87. The molecule has 0 amide bonds. The standard InChI is InChI=1S/C39H47ClFN3O6Si/c1-21-26-24(30(41)32(29(21)40)44-16-12-13-17-44)18-23-19-25-31(43(5)6)34-28(37(42-49-34)48-20-22-14-10-9-11-15-22)36(47)39(25,35(46)27(23)33(26)45)50-51(7,8)38(2,3)4/h9-11,14-15,23,25,31,46H,12-13,16-20H2,1-8H3/t23-,25-,31-,39-/m0/s1. The Morgan fingerprint density at radius 3 is 2.43 bits per heavy atom. The van der Waals surface area contributed by atoms with E-state index >= 15 is 9.18 Å². The molecule has 1 fully saturated rings. The number of nitrogens with zero attached hydrogens (tertiary/aromatic N) is 3. The van der Waals surface area contributed by atoms with Gasteiger partial charge >= 0.3 is 0 Å². The molecule has 272 valence electrons. The number of anilines is 1. The van der Waals surface area contributed by atoms with Gasteiger partial charge in [-0.05, 0) is 87.0 Å².